The Kier molecular flexibility index (Phi) is 24.9. The fourth-order valence-electron chi connectivity index (χ4n) is 13.4. The molecule has 29 heteroatoms. The fourth-order valence-corrected chi connectivity index (χ4v) is 16.2. The zero-order valence-electron chi connectivity index (χ0n) is 67.2. The molecular formula is C84H100Cl4FN17O5Si2. The predicted octanol–water partition coefficient (Wildman–Crippen LogP) is 21.7. The van der Waals surface area contributed by atoms with Gasteiger partial charge < -0.3 is 48.6 Å². The van der Waals surface area contributed by atoms with Crippen LogP contribution < -0.4 is 16.0 Å². The summed E-state index contributed by atoms with van der Waals surface area (Å²) < 4.78 is 36.2. The predicted molar refractivity (Wildman–Crippen MR) is 455 cm³/mol. The number of rotatable bonds is 23. The van der Waals surface area contributed by atoms with Crippen molar-refractivity contribution in [2.24, 2.45) is 14.1 Å². The van der Waals surface area contributed by atoms with Crippen molar-refractivity contribution in [2.45, 2.75) is 169 Å². The summed E-state index contributed by atoms with van der Waals surface area (Å²) in [5.41, 5.74) is 12.0. The number of nitrogens with one attached hydrogen (secondary N) is 3. The van der Waals surface area contributed by atoms with Crippen LogP contribution in [0.1, 0.15) is 138 Å². The molecule has 4 atom stereocenters. The number of nitrogens with zero attached hydrogens (tertiary/aromatic N) is 14. The van der Waals surface area contributed by atoms with Crippen molar-refractivity contribution in [1.82, 2.24) is 67.4 Å². The smallest absolute Gasteiger partial charge is 0.329 e. The average Bonchev–Trinajstić information content (AvgIpc) is 1.61. The molecule has 11 aromatic rings. The van der Waals surface area contributed by atoms with Gasteiger partial charge in [0.2, 0.25) is 17.8 Å². The zero-order chi connectivity index (χ0) is 81.3. The van der Waals surface area contributed by atoms with Crippen LogP contribution in [0, 0.1) is 19.7 Å². The SMILES string of the molecule is CC[C@H](C)Nc1ncc(Cl)c(-c2cc3n(c2)C(=O)N([C@H](CO[Si](C)(C)C(C)(C)C)c2cccc(Cl)c2)C3)n1.CC[C@H](c1cccc(Cl)c1)N1CCc2cc(-c3nc(Nc4cccn4C)ncc3C)cn2C1=O.Cc1cnc(Nc2cccn2C)nc1-c1cc2n(c1)C(=O)N([C@H](CO[Si](C)(C)C(C)(C)C)c1ccc(F)c(Cl)c1)C2. The van der Waals surface area contributed by atoms with E-state index in [-0.39, 0.29) is 51.3 Å². The van der Waals surface area contributed by atoms with Gasteiger partial charge in [-0.05, 0) is 177 Å². The first-order valence-electron chi connectivity index (χ1n) is 38.0. The van der Waals surface area contributed by atoms with Gasteiger partial charge in [0.15, 0.2) is 16.6 Å². The molecule has 22 nitrogen and oxygen atoms in total. The number of hydrogen-bond donors (Lipinski definition) is 3. The molecular weight excluding hydrogens is 1540 g/mol. The molecule has 0 fully saturated rings. The highest BCUT2D eigenvalue weighted by molar-refractivity contribution is 6.74. The molecule has 3 amide bonds. The maximum Gasteiger partial charge on any atom is 0.329 e. The second-order valence-corrected chi connectivity index (χ2v) is 43.6. The first kappa shape index (κ1) is 83.0. The molecule has 8 aromatic heterocycles. The van der Waals surface area contributed by atoms with Gasteiger partial charge in [-0.2, -0.15) is 0 Å². The molecule has 0 saturated carbocycles. The molecule has 113 heavy (non-hydrogen) atoms. The summed E-state index contributed by atoms with van der Waals surface area (Å²) in [7, 11) is -0.266. The van der Waals surface area contributed by atoms with Gasteiger partial charge in [0.05, 0.1) is 77.8 Å². The van der Waals surface area contributed by atoms with Gasteiger partial charge in [-0.25, -0.2) is 48.7 Å². The van der Waals surface area contributed by atoms with E-state index in [0.717, 1.165) is 104 Å². The van der Waals surface area contributed by atoms with Crippen molar-refractivity contribution in [3.63, 3.8) is 0 Å². The van der Waals surface area contributed by atoms with Crippen molar-refractivity contribution < 1.29 is 27.6 Å². The summed E-state index contributed by atoms with van der Waals surface area (Å²) in [6.07, 6.45) is 17.2. The summed E-state index contributed by atoms with van der Waals surface area (Å²) in [6, 6.07) is 33.1. The van der Waals surface area contributed by atoms with Crippen LogP contribution in [0.15, 0.2) is 159 Å². The Labute approximate surface area is 683 Å². The summed E-state index contributed by atoms with van der Waals surface area (Å²) in [6.45, 7) is 34.3. The average molecular weight is 1640 g/mol. The monoisotopic (exact) mass is 1640 g/mol. The minimum atomic E-state index is -2.13. The van der Waals surface area contributed by atoms with E-state index in [1.807, 2.05) is 169 Å². The Hall–Kier alpha value is -9.45. The van der Waals surface area contributed by atoms with Crippen LogP contribution in [0.3, 0.4) is 0 Å². The third-order valence-electron chi connectivity index (χ3n) is 22.3. The van der Waals surface area contributed by atoms with Crippen LogP contribution in [-0.2, 0) is 42.5 Å². The Morgan fingerprint density at radius 3 is 1.38 bits per heavy atom. The molecule has 594 valence electrons. The summed E-state index contributed by atoms with van der Waals surface area (Å²) >= 11 is 25.2. The van der Waals surface area contributed by atoms with E-state index in [0.29, 0.717) is 71.5 Å². The van der Waals surface area contributed by atoms with Gasteiger partial charge in [-0.1, -0.05) is 132 Å². The summed E-state index contributed by atoms with van der Waals surface area (Å²) in [4.78, 5) is 74.0. The normalized spacial score (nSPS) is 14.7. The van der Waals surface area contributed by atoms with E-state index >= 15 is 0 Å². The van der Waals surface area contributed by atoms with Crippen molar-refractivity contribution in [2.75, 3.05) is 35.7 Å². The quantitative estimate of drug-likeness (QED) is 0.0508. The van der Waals surface area contributed by atoms with Crippen LogP contribution in [0.25, 0.3) is 33.8 Å². The van der Waals surface area contributed by atoms with Gasteiger partial charge in [-0.3, -0.25) is 13.7 Å². The molecule has 14 rings (SSSR count). The molecule has 3 N–H and O–H groups in total. The van der Waals surface area contributed by atoms with E-state index < -0.39 is 28.5 Å². The van der Waals surface area contributed by atoms with Gasteiger partial charge in [-0.15, -0.1) is 0 Å². The Morgan fingerprint density at radius 2 is 0.947 bits per heavy atom. The number of anilines is 5. The van der Waals surface area contributed by atoms with Gasteiger partial charge in [0.1, 0.15) is 17.5 Å². The van der Waals surface area contributed by atoms with Crippen molar-refractivity contribution in [3.05, 3.63) is 230 Å². The topological polar surface area (TPSA) is 217 Å². The Balaban J connectivity index is 0.000000158. The number of hydrogen-bond acceptors (Lipinski definition) is 14. The van der Waals surface area contributed by atoms with E-state index in [9.17, 15) is 18.8 Å². The minimum absolute atomic E-state index is 0.00345. The zero-order valence-corrected chi connectivity index (χ0v) is 72.2. The highest BCUT2D eigenvalue weighted by atomic mass is 35.5. The lowest BCUT2D eigenvalue weighted by molar-refractivity contribution is 0.144. The van der Waals surface area contributed by atoms with Crippen molar-refractivity contribution >= 4 is 111 Å². The van der Waals surface area contributed by atoms with Crippen molar-refractivity contribution in [3.8, 4) is 33.8 Å². The lowest BCUT2D eigenvalue weighted by atomic mass is 10.0. The number of benzene rings is 3. The van der Waals surface area contributed by atoms with Crippen LogP contribution in [-0.4, -0.2) is 128 Å². The number of carbonyl (C=O) groups is 3. The minimum Gasteiger partial charge on any atom is -0.414 e. The first-order chi connectivity index (χ1) is 53.5. The molecule has 3 aliphatic rings. The maximum absolute atomic E-state index is 14.0. The molecule has 11 heterocycles. The number of carbonyl (C=O) groups excluding carboxylic acids is 3. The van der Waals surface area contributed by atoms with Crippen LogP contribution in [0.2, 0.25) is 56.4 Å². The molecule has 3 aromatic carbocycles. The number of halogens is 5. The third kappa shape index (κ3) is 18.4. The molecule has 0 aliphatic carbocycles. The Morgan fingerprint density at radius 1 is 0.513 bits per heavy atom. The van der Waals surface area contributed by atoms with Gasteiger partial charge in [0.25, 0.3) is 0 Å². The highest BCUT2D eigenvalue weighted by Gasteiger charge is 2.43. The number of aryl methyl sites for hydroxylation is 4. The van der Waals surface area contributed by atoms with Gasteiger partial charge >= 0.3 is 18.1 Å². The van der Waals surface area contributed by atoms with E-state index in [4.69, 9.17) is 65.2 Å². The van der Waals surface area contributed by atoms with E-state index in [1.54, 1.807) is 43.1 Å². The second-order valence-electron chi connectivity index (χ2n) is 32.3. The highest BCUT2D eigenvalue weighted by Crippen LogP contribution is 2.43. The van der Waals surface area contributed by atoms with E-state index in [2.05, 4.69) is 130 Å². The lowest BCUT2D eigenvalue weighted by Crippen LogP contribution is -2.44. The molecule has 3 aliphatic heterocycles. The first-order valence-corrected chi connectivity index (χ1v) is 45.4. The molecule has 0 unspecified atom stereocenters. The lowest BCUT2D eigenvalue weighted by Gasteiger charge is -2.38. The second kappa shape index (κ2) is 33.9. The van der Waals surface area contributed by atoms with Gasteiger partial charge in [0, 0.05) is 120 Å². The summed E-state index contributed by atoms with van der Waals surface area (Å²) in [5.74, 6) is 2.79. The molecule has 0 radical (unpaired) electrons. The van der Waals surface area contributed by atoms with E-state index in [1.165, 1.54) is 6.07 Å². The maximum atomic E-state index is 14.0. The van der Waals surface area contributed by atoms with Crippen LogP contribution in [0.5, 0.6) is 0 Å². The van der Waals surface area contributed by atoms with Crippen molar-refractivity contribution in [1.29, 1.82) is 0 Å². The Bertz CT molecular complexity index is 5310. The largest absolute Gasteiger partial charge is 0.414 e. The van der Waals surface area contributed by atoms with Crippen LogP contribution >= 0.6 is 46.4 Å². The standard InChI is InChI=1S/C30H36ClFN6O2Si.C28H37Cl2N5O2Si.C26H27ClN6O/c1-19-15-33-28(34-26-9-8-12-36(26)5)35-27(19)21-13-22-17-38(29(39)37(22)16-21)25(18-40-41(6,7)30(2,3)4)20-10-11-24(32)23(31)14-20;1-8-18(2)32-26-31-14-23(30)25(33-26)20-13-22-16-35(27(36)34(22)15-20)24(19-10-9-11-21(29)12-19)17-37-38(6,7)28(3,4)5;1-4-22(18-7-5-8-20(27)13-18)32-12-10-21-14-19(16-33(21)26(32)34)24-17(2)15-28-25(30-24)29-23-9-6-11-31(23)3/h8-16,25H,17-18H2,1-7H3,(H,33,34,35);9-15,18,24H,8,16-17H2,1-7H3,(H,31,32,33);5-9,11,13-16,22H,4,10,12H2,1-3H3,(H,28,29,30)/t25-;18-,24+;22-/m101/s1. The molecule has 0 spiro atoms. The number of amides is 3. The summed E-state index contributed by atoms with van der Waals surface area (Å²) in [5, 5.41) is 11.6. The number of fused-ring (bicyclic) bond motifs is 3. The molecule has 0 saturated heterocycles. The number of aromatic nitrogens is 11. The fraction of sp³-hybridized carbons (Fsp3) is 0.369. The van der Waals surface area contributed by atoms with Crippen LogP contribution in [0.4, 0.5) is 48.3 Å². The third-order valence-corrected chi connectivity index (χ3v) is 32.4. The molecule has 0 bridgehead atoms.